The van der Waals surface area contributed by atoms with E-state index in [2.05, 4.69) is 5.32 Å². The number of nitrogens with one attached hydrogen (secondary N) is 1. The maximum absolute atomic E-state index is 14.3. The van der Waals surface area contributed by atoms with Crippen molar-refractivity contribution in [3.05, 3.63) is 54.1 Å². The summed E-state index contributed by atoms with van der Waals surface area (Å²) in [5.74, 6) is -3.22. The average Bonchev–Trinajstić information content (AvgIpc) is 3.17. The first-order valence-electron chi connectivity index (χ1n) is 10.0. The van der Waals surface area contributed by atoms with Crippen molar-refractivity contribution in [1.29, 1.82) is 0 Å². The minimum Gasteiger partial charge on any atom is -0.379 e. The summed E-state index contributed by atoms with van der Waals surface area (Å²) in [5, 5.41) is 2.55. The van der Waals surface area contributed by atoms with Gasteiger partial charge >= 0.3 is 0 Å². The van der Waals surface area contributed by atoms with Crippen LogP contribution in [0.25, 0.3) is 0 Å². The molecule has 0 bridgehead atoms. The van der Waals surface area contributed by atoms with Gasteiger partial charge in [0.05, 0.1) is 24.8 Å². The van der Waals surface area contributed by atoms with Crippen LogP contribution in [0.5, 0.6) is 0 Å². The number of hydrogen-bond acceptors (Lipinski definition) is 5. The third kappa shape index (κ3) is 4.36. The van der Waals surface area contributed by atoms with E-state index in [4.69, 9.17) is 4.74 Å². The van der Waals surface area contributed by atoms with E-state index < -0.39 is 44.3 Å². The number of para-hydroxylation sites is 1. The molecule has 0 unspecified atom stereocenters. The number of hydrogen-bond donors (Lipinski definition) is 1. The van der Waals surface area contributed by atoms with Crippen molar-refractivity contribution in [2.45, 2.75) is 11.3 Å². The molecule has 2 fully saturated rings. The smallest absolute Gasteiger partial charge is 0.246 e. The third-order valence-corrected chi connectivity index (χ3v) is 7.34. The quantitative estimate of drug-likeness (QED) is 0.729. The fourth-order valence-electron chi connectivity index (χ4n) is 3.74. The number of halogens is 2. The highest BCUT2D eigenvalue weighted by Gasteiger charge is 2.36. The molecule has 2 aromatic rings. The molecule has 2 aliphatic rings. The molecule has 170 valence electrons. The number of ether oxygens (including phenoxy) is 1. The molecule has 32 heavy (non-hydrogen) atoms. The lowest BCUT2D eigenvalue weighted by atomic mass is 10.1. The molecule has 2 aromatic carbocycles. The van der Waals surface area contributed by atoms with Crippen molar-refractivity contribution < 1.29 is 31.5 Å². The first kappa shape index (κ1) is 22.3. The number of rotatable bonds is 5. The number of carbonyl (C=O) groups excluding carboxylic acids is 2. The lowest BCUT2D eigenvalue weighted by Gasteiger charge is -2.26. The van der Waals surface area contributed by atoms with Crippen molar-refractivity contribution >= 4 is 33.2 Å². The second-order valence-corrected chi connectivity index (χ2v) is 9.41. The van der Waals surface area contributed by atoms with Gasteiger partial charge in [-0.25, -0.2) is 17.2 Å². The zero-order chi connectivity index (χ0) is 22.9. The molecule has 2 amide bonds. The van der Waals surface area contributed by atoms with Gasteiger partial charge in [0.15, 0.2) is 0 Å². The number of carbonyl (C=O) groups is 2. The molecule has 0 radical (unpaired) electrons. The molecule has 0 spiro atoms. The highest BCUT2D eigenvalue weighted by atomic mass is 32.2. The van der Waals surface area contributed by atoms with Gasteiger partial charge in [-0.05, 0) is 30.3 Å². The van der Waals surface area contributed by atoms with E-state index in [-0.39, 0.29) is 50.6 Å². The fourth-order valence-corrected chi connectivity index (χ4v) is 5.23. The Bertz CT molecular complexity index is 1150. The topological polar surface area (TPSA) is 96.0 Å². The molecule has 0 aromatic heterocycles. The standard InChI is InChI=1S/C21H21F2N3O5S/c22-16-3-1-2-4-18(16)26-13-14(11-20(26)27)21(28)24-15-5-6-17(23)19(12-15)32(29,30)25-7-9-31-10-8-25/h1-6,12,14H,7-11,13H2,(H,24,28)/t14-/m0/s1. The maximum atomic E-state index is 14.3. The third-order valence-electron chi connectivity index (χ3n) is 5.43. The van der Waals surface area contributed by atoms with Crippen LogP contribution in [0.2, 0.25) is 0 Å². The van der Waals surface area contributed by atoms with Crippen LogP contribution in [0.4, 0.5) is 20.2 Å². The van der Waals surface area contributed by atoms with Crippen molar-refractivity contribution in [2.75, 3.05) is 43.1 Å². The van der Waals surface area contributed by atoms with Gasteiger partial charge in [-0.15, -0.1) is 0 Å². The van der Waals surface area contributed by atoms with Gasteiger partial charge in [-0.2, -0.15) is 4.31 Å². The van der Waals surface area contributed by atoms with Crippen molar-refractivity contribution in [1.82, 2.24) is 4.31 Å². The molecule has 2 aliphatic heterocycles. The van der Waals surface area contributed by atoms with Gasteiger partial charge in [0, 0.05) is 31.7 Å². The van der Waals surface area contributed by atoms with E-state index in [9.17, 15) is 26.8 Å². The molecule has 4 rings (SSSR count). The second-order valence-electron chi connectivity index (χ2n) is 7.51. The largest absolute Gasteiger partial charge is 0.379 e. The lowest BCUT2D eigenvalue weighted by Crippen LogP contribution is -2.41. The molecule has 11 heteroatoms. The first-order chi connectivity index (χ1) is 15.3. The molecule has 8 nitrogen and oxygen atoms in total. The van der Waals surface area contributed by atoms with Crippen LogP contribution in [-0.2, 0) is 24.3 Å². The Morgan fingerprint density at radius 3 is 2.50 bits per heavy atom. The summed E-state index contributed by atoms with van der Waals surface area (Å²) < 4.78 is 60.3. The van der Waals surface area contributed by atoms with Gasteiger partial charge in [-0.3, -0.25) is 9.59 Å². The SMILES string of the molecule is O=C(Nc1ccc(F)c(S(=O)(=O)N2CCOCC2)c1)[C@H]1CC(=O)N(c2ccccc2F)C1. The molecular formula is C21H21F2N3O5S. The van der Waals surface area contributed by atoms with Gasteiger partial charge < -0.3 is 15.0 Å². The van der Waals surface area contributed by atoms with Crippen LogP contribution in [-0.4, -0.2) is 57.4 Å². The molecular weight excluding hydrogens is 444 g/mol. The van der Waals surface area contributed by atoms with Crippen molar-refractivity contribution in [2.24, 2.45) is 5.92 Å². The molecule has 1 atom stereocenters. The Hall–Kier alpha value is -2.89. The highest BCUT2D eigenvalue weighted by molar-refractivity contribution is 7.89. The van der Waals surface area contributed by atoms with Gasteiger partial charge in [0.25, 0.3) is 0 Å². The molecule has 2 heterocycles. The summed E-state index contributed by atoms with van der Waals surface area (Å²) >= 11 is 0. The number of amides is 2. The number of benzene rings is 2. The van der Waals surface area contributed by atoms with Crippen LogP contribution < -0.4 is 10.2 Å². The zero-order valence-corrected chi connectivity index (χ0v) is 17.8. The Labute approximate surface area is 183 Å². The van der Waals surface area contributed by atoms with E-state index in [0.29, 0.717) is 0 Å². The van der Waals surface area contributed by atoms with E-state index in [1.54, 1.807) is 6.07 Å². The van der Waals surface area contributed by atoms with Crippen molar-refractivity contribution in [3.8, 4) is 0 Å². The summed E-state index contributed by atoms with van der Waals surface area (Å²) in [6.07, 6.45) is -0.125. The average molecular weight is 465 g/mol. The molecule has 1 N–H and O–H groups in total. The minimum atomic E-state index is -4.11. The lowest BCUT2D eigenvalue weighted by molar-refractivity contribution is -0.122. The fraction of sp³-hybridized carbons (Fsp3) is 0.333. The highest BCUT2D eigenvalue weighted by Crippen LogP contribution is 2.29. The van der Waals surface area contributed by atoms with Crippen LogP contribution in [0.15, 0.2) is 47.4 Å². The van der Waals surface area contributed by atoms with E-state index in [1.165, 1.54) is 29.2 Å². The second kappa shape index (κ2) is 8.93. The number of sulfonamides is 1. The zero-order valence-electron chi connectivity index (χ0n) is 17.0. The Balaban J connectivity index is 1.50. The Morgan fingerprint density at radius 2 is 1.78 bits per heavy atom. The number of nitrogens with zero attached hydrogens (tertiary/aromatic N) is 2. The van der Waals surface area contributed by atoms with Crippen molar-refractivity contribution in [3.63, 3.8) is 0 Å². The Kier molecular flexibility index (Phi) is 6.22. The summed E-state index contributed by atoms with van der Waals surface area (Å²) in [7, 11) is -4.11. The number of anilines is 2. The monoisotopic (exact) mass is 465 g/mol. The summed E-state index contributed by atoms with van der Waals surface area (Å²) in [5.41, 5.74) is 0.175. The van der Waals surface area contributed by atoms with Crippen LogP contribution in [0, 0.1) is 17.6 Å². The van der Waals surface area contributed by atoms with Crippen LogP contribution in [0.1, 0.15) is 6.42 Å². The summed E-state index contributed by atoms with van der Waals surface area (Å²) in [4.78, 5) is 25.7. The van der Waals surface area contributed by atoms with Gasteiger partial charge in [0.2, 0.25) is 21.8 Å². The number of morpholine rings is 1. The van der Waals surface area contributed by atoms with E-state index in [0.717, 1.165) is 16.4 Å². The summed E-state index contributed by atoms with van der Waals surface area (Å²) in [6, 6.07) is 9.05. The van der Waals surface area contributed by atoms with Crippen LogP contribution in [0.3, 0.4) is 0 Å². The van der Waals surface area contributed by atoms with E-state index in [1.807, 2.05) is 0 Å². The first-order valence-corrected chi connectivity index (χ1v) is 11.4. The predicted molar refractivity (Wildman–Crippen MR) is 111 cm³/mol. The molecule has 0 saturated carbocycles. The Morgan fingerprint density at radius 1 is 1.06 bits per heavy atom. The van der Waals surface area contributed by atoms with Gasteiger partial charge in [0.1, 0.15) is 16.5 Å². The minimum absolute atomic E-state index is 0.0221. The maximum Gasteiger partial charge on any atom is 0.246 e. The summed E-state index contributed by atoms with van der Waals surface area (Å²) in [6.45, 7) is 0.617. The predicted octanol–water partition coefficient (Wildman–Crippen LogP) is 1.98. The molecule has 0 aliphatic carbocycles. The molecule has 2 saturated heterocycles. The normalized spacial score (nSPS) is 19.9. The van der Waals surface area contributed by atoms with E-state index >= 15 is 0 Å². The van der Waals surface area contributed by atoms with Gasteiger partial charge in [-0.1, -0.05) is 12.1 Å². The van der Waals surface area contributed by atoms with Crippen LogP contribution >= 0.6 is 0 Å².